The quantitative estimate of drug-likeness (QED) is 0.846. The van der Waals surface area contributed by atoms with E-state index in [9.17, 15) is 4.79 Å². The van der Waals surface area contributed by atoms with Crippen LogP contribution >= 0.6 is 0 Å². The van der Waals surface area contributed by atoms with Crippen LogP contribution in [0.4, 0.5) is 5.69 Å². The van der Waals surface area contributed by atoms with Gasteiger partial charge in [-0.3, -0.25) is 9.48 Å². The van der Waals surface area contributed by atoms with E-state index in [-0.39, 0.29) is 11.9 Å². The molecule has 2 N–H and O–H groups in total. The number of amides is 1. The average molecular weight is 288 g/mol. The molecule has 6 heteroatoms. The van der Waals surface area contributed by atoms with E-state index in [2.05, 4.69) is 15.7 Å². The fourth-order valence-electron chi connectivity index (χ4n) is 1.94. The zero-order chi connectivity index (χ0) is 15.2. The largest absolute Gasteiger partial charge is 0.497 e. The van der Waals surface area contributed by atoms with E-state index in [4.69, 9.17) is 4.74 Å². The Morgan fingerprint density at radius 2 is 2.29 bits per heavy atom. The number of ether oxygens (including phenoxy) is 1. The van der Waals surface area contributed by atoms with Gasteiger partial charge in [-0.15, -0.1) is 0 Å². The third-order valence-electron chi connectivity index (χ3n) is 3.08. The maximum Gasteiger partial charge on any atom is 0.242 e. The lowest BCUT2D eigenvalue weighted by atomic mass is 10.2. The van der Waals surface area contributed by atoms with Crippen LogP contribution in [0.25, 0.3) is 0 Å². The van der Waals surface area contributed by atoms with Gasteiger partial charge < -0.3 is 15.4 Å². The van der Waals surface area contributed by atoms with Gasteiger partial charge in [-0.2, -0.15) is 5.10 Å². The number of benzene rings is 1. The van der Waals surface area contributed by atoms with Crippen LogP contribution in [0, 0.1) is 0 Å². The molecule has 21 heavy (non-hydrogen) atoms. The molecule has 0 saturated heterocycles. The molecule has 1 atom stereocenters. The number of nitrogens with one attached hydrogen (secondary N) is 2. The summed E-state index contributed by atoms with van der Waals surface area (Å²) in [6, 6.07) is 7.29. The van der Waals surface area contributed by atoms with Gasteiger partial charge in [-0.25, -0.2) is 0 Å². The van der Waals surface area contributed by atoms with Gasteiger partial charge in [0.2, 0.25) is 5.91 Å². The first kappa shape index (κ1) is 14.9. The van der Waals surface area contributed by atoms with Gasteiger partial charge in [0.1, 0.15) is 11.8 Å². The van der Waals surface area contributed by atoms with Crippen molar-refractivity contribution < 1.29 is 9.53 Å². The molecule has 2 aromatic rings. The fourth-order valence-corrected chi connectivity index (χ4v) is 1.94. The highest BCUT2D eigenvalue weighted by molar-refractivity contribution is 5.84. The van der Waals surface area contributed by atoms with Gasteiger partial charge in [0.05, 0.1) is 19.0 Å². The second-order valence-electron chi connectivity index (χ2n) is 4.84. The molecule has 2 rings (SSSR count). The lowest BCUT2D eigenvalue weighted by Gasteiger charge is -2.14. The summed E-state index contributed by atoms with van der Waals surface area (Å²) in [6.07, 6.45) is 3.51. The molecule has 0 radical (unpaired) electrons. The van der Waals surface area contributed by atoms with Crippen molar-refractivity contribution in [3.8, 4) is 5.75 Å². The third-order valence-corrected chi connectivity index (χ3v) is 3.08. The highest BCUT2D eigenvalue weighted by Gasteiger charge is 2.12. The summed E-state index contributed by atoms with van der Waals surface area (Å²) in [6.45, 7) is 2.28. The molecule has 6 nitrogen and oxygen atoms in total. The number of hydrogen-bond acceptors (Lipinski definition) is 4. The number of methoxy groups -OCH3 is 1. The van der Waals surface area contributed by atoms with Crippen molar-refractivity contribution in [2.45, 2.75) is 19.5 Å². The van der Waals surface area contributed by atoms with Gasteiger partial charge in [-0.1, -0.05) is 12.1 Å². The topological polar surface area (TPSA) is 68.2 Å². The number of carbonyl (C=O) groups is 1. The van der Waals surface area contributed by atoms with Gasteiger partial charge in [-0.05, 0) is 24.6 Å². The van der Waals surface area contributed by atoms with Crippen LogP contribution in [0.5, 0.6) is 5.75 Å². The first-order valence-electron chi connectivity index (χ1n) is 6.74. The van der Waals surface area contributed by atoms with E-state index in [1.165, 1.54) is 0 Å². The van der Waals surface area contributed by atoms with Crippen LogP contribution in [-0.4, -0.2) is 28.8 Å². The summed E-state index contributed by atoms with van der Waals surface area (Å²) in [5, 5.41) is 10.0. The minimum absolute atomic E-state index is 0.0679. The average Bonchev–Trinajstić information content (AvgIpc) is 2.90. The number of nitrogens with zero attached hydrogens (tertiary/aromatic N) is 2. The van der Waals surface area contributed by atoms with Crippen LogP contribution in [0.3, 0.4) is 0 Å². The molecule has 0 saturated carbocycles. The second-order valence-corrected chi connectivity index (χ2v) is 4.84. The summed E-state index contributed by atoms with van der Waals surface area (Å²) >= 11 is 0. The Morgan fingerprint density at radius 1 is 1.48 bits per heavy atom. The zero-order valence-corrected chi connectivity index (χ0v) is 12.5. The van der Waals surface area contributed by atoms with Gasteiger partial charge >= 0.3 is 0 Å². The molecule has 0 fully saturated rings. The van der Waals surface area contributed by atoms with Crippen molar-refractivity contribution in [2.24, 2.45) is 7.05 Å². The molecule has 0 aliphatic heterocycles. The highest BCUT2D eigenvalue weighted by Crippen LogP contribution is 2.12. The summed E-state index contributed by atoms with van der Waals surface area (Å²) in [7, 11) is 3.45. The van der Waals surface area contributed by atoms with E-state index in [0.29, 0.717) is 6.54 Å². The summed E-state index contributed by atoms with van der Waals surface area (Å²) < 4.78 is 6.84. The van der Waals surface area contributed by atoms with Crippen molar-refractivity contribution in [3.05, 3.63) is 42.2 Å². The summed E-state index contributed by atoms with van der Waals surface area (Å²) in [4.78, 5) is 12.0. The molecule has 1 heterocycles. The monoisotopic (exact) mass is 288 g/mol. The standard InChI is InChI=1S/C15H20N4O2/c1-11(18-13-9-17-19(2)10-13)15(20)16-8-12-5-4-6-14(7-12)21-3/h4-7,9-11,18H,8H2,1-3H3,(H,16,20)/t11-/m1/s1. The first-order chi connectivity index (χ1) is 10.1. The Labute approximate surface area is 124 Å². The Hall–Kier alpha value is -2.50. The van der Waals surface area contributed by atoms with Gasteiger partial charge in [0, 0.05) is 19.8 Å². The molecule has 0 aliphatic carbocycles. The summed E-state index contributed by atoms with van der Waals surface area (Å²) in [5.41, 5.74) is 1.82. The lowest BCUT2D eigenvalue weighted by molar-refractivity contribution is -0.121. The van der Waals surface area contributed by atoms with Gasteiger partial charge in [0.15, 0.2) is 0 Å². The molecule has 0 spiro atoms. The number of carbonyl (C=O) groups excluding carboxylic acids is 1. The number of hydrogen-bond donors (Lipinski definition) is 2. The van der Waals surface area contributed by atoms with Crippen molar-refractivity contribution in [1.29, 1.82) is 0 Å². The fraction of sp³-hybridized carbons (Fsp3) is 0.333. The SMILES string of the molecule is COc1cccc(CNC(=O)[C@@H](C)Nc2cnn(C)c2)c1. The molecule has 0 bridgehead atoms. The molecule has 1 amide bonds. The van der Waals surface area contributed by atoms with E-state index < -0.39 is 0 Å². The Balaban J connectivity index is 1.85. The number of anilines is 1. The molecule has 1 aromatic carbocycles. The molecule has 112 valence electrons. The predicted molar refractivity (Wildman–Crippen MR) is 81.1 cm³/mol. The smallest absolute Gasteiger partial charge is 0.242 e. The van der Waals surface area contributed by atoms with E-state index in [0.717, 1.165) is 17.0 Å². The number of aromatic nitrogens is 2. The molecule has 0 aliphatic rings. The van der Waals surface area contributed by atoms with Crippen molar-refractivity contribution >= 4 is 11.6 Å². The molecular formula is C15H20N4O2. The van der Waals surface area contributed by atoms with Crippen LogP contribution in [0.15, 0.2) is 36.7 Å². The van der Waals surface area contributed by atoms with E-state index >= 15 is 0 Å². The molecule has 0 unspecified atom stereocenters. The third kappa shape index (κ3) is 4.24. The van der Waals surface area contributed by atoms with Crippen LogP contribution in [-0.2, 0) is 18.4 Å². The number of rotatable bonds is 6. The predicted octanol–water partition coefficient (Wildman–Crippen LogP) is 1.55. The zero-order valence-electron chi connectivity index (χ0n) is 12.5. The number of aryl methyl sites for hydroxylation is 1. The normalized spacial score (nSPS) is 11.8. The minimum atomic E-state index is -0.334. The van der Waals surface area contributed by atoms with Crippen LogP contribution < -0.4 is 15.4 Å². The van der Waals surface area contributed by atoms with Crippen LogP contribution in [0.1, 0.15) is 12.5 Å². The maximum absolute atomic E-state index is 12.0. The lowest BCUT2D eigenvalue weighted by Crippen LogP contribution is -2.37. The highest BCUT2D eigenvalue weighted by atomic mass is 16.5. The van der Waals surface area contributed by atoms with Crippen molar-refractivity contribution in [2.75, 3.05) is 12.4 Å². The Kier molecular flexibility index (Phi) is 4.81. The van der Waals surface area contributed by atoms with Crippen molar-refractivity contribution in [3.63, 3.8) is 0 Å². The second kappa shape index (κ2) is 6.78. The summed E-state index contributed by atoms with van der Waals surface area (Å²) in [5.74, 6) is 0.713. The van der Waals surface area contributed by atoms with Gasteiger partial charge in [0.25, 0.3) is 0 Å². The maximum atomic E-state index is 12.0. The van der Waals surface area contributed by atoms with Crippen molar-refractivity contribution in [1.82, 2.24) is 15.1 Å². The molecule has 1 aromatic heterocycles. The van der Waals surface area contributed by atoms with E-state index in [1.54, 1.807) is 18.0 Å². The Morgan fingerprint density at radius 3 is 2.95 bits per heavy atom. The first-order valence-corrected chi connectivity index (χ1v) is 6.74. The minimum Gasteiger partial charge on any atom is -0.497 e. The van der Waals surface area contributed by atoms with Crippen LogP contribution in [0.2, 0.25) is 0 Å². The Bertz CT molecular complexity index is 609. The van der Waals surface area contributed by atoms with E-state index in [1.807, 2.05) is 44.4 Å². The molecular weight excluding hydrogens is 268 g/mol.